The van der Waals surface area contributed by atoms with Crippen LogP contribution < -0.4 is 11.1 Å². The lowest BCUT2D eigenvalue weighted by Gasteiger charge is -2.23. The molecule has 1 aromatic carbocycles. The van der Waals surface area contributed by atoms with Gasteiger partial charge in [0.2, 0.25) is 5.91 Å². The van der Waals surface area contributed by atoms with Gasteiger partial charge in [0.1, 0.15) is 11.6 Å². The van der Waals surface area contributed by atoms with Crippen LogP contribution in [0.4, 0.5) is 0 Å². The van der Waals surface area contributed by atoms with Gasteiger partial charge in [-0.3, -0.25) is 9.20 Å². The Morgan fingerprint density at radius 3 is 2.53 bits per heavy atom. The molecular weight excluding hydrogens is 386 g/mol. The Morgan fingerprint density at radius 1 is 1.20 bits per heavy atom. The number of amides is 1. The summed E-state index contributed by atoms with van der Waals surface area (Å²) in [6.45, 7) is 3.63. The number of fused-ring (bicyclic) bond motifs is 1. The first-order valence-electron chi connectivity index (χ1n) is 9.06. The third-order valence-electron chi connectivity index (χ3n) is 4.29. The number of carbonyl (C=O) groups is 2. The van der Waals surface area contributed by atoms with Crippen molar-refractivity contribution in [3.8, 4) is 0 Å². The first-order chi connectivity index (χ1) is 13.8. The second-order valence-electron chi connectivity index (χ2n) is 7.23. The first-order valence-corrected chi connectivity index (χ1v) is 9.06. The average Bonchev–Trinajstić information content (AvgIpc) is 3.11. The molecule has 3 rings (SSSR count). The number of nitrogens with one attached hydrogen (secondary N) is 1. The Labute approximate surface area is 174 Å². The molecule has 30 heavy (non-hydrogen) atoms. The van der Waals surface area contributed by atoms with Crippen LogP contribution in [0.2, 0.25) is 0 Å². The average molecular weight is 413 g/mol. The van der Waals surface area contributed by atoms with E-state index in [9.17, 15) is 14.7 Å². The van der Waals surface area contributed by atoms with Gasteiger partial charge in [-0.1, -0.05) is 37.8 Å². The summed E-state index contributed by atoms with van der Waals surface area (Å²) in [4.78, 5) is 23.9. The SMILES string of the molecule is C.CC(C)(N)C(=O)N[C@H](COCc1ccccc1)c1nnc2c(C(=O)O)cccn12. The van der Waals surface area contributed by atoms with Gasteiger partial charge in [-0.05, 0) is 31.5 Å². The molecule has 0 spiro atoms. The lowest BCUT2D eigenvalue weighted by atomic mass is 10.1. The predicted octanol–water partition coefficient (Wildman–Crippen LogP) is 2.17. The van der Waals surface area contributed by atoms with Gasteiger partial charge in [0.25, 0.3) is 0 Å². The van der Waals surface area contributed by atoms with Gasteiger partial charge in [-0.15, -0.1) is 10.2 Å². The summed E-state index contributed by atoms with van der Waals surface area (Å²) in [6.07, 6.45) is 1.64. The Kier molecular flexibility index (Phi) is 7.25. The number of pyridine rings is 1. The fraction of sp³-hybridized carbons (Fsp3) is 0.333. The molecule has 2 heterocycles. The molecule has 9 heteroatoms. The van der Waals surface area contributed by atoms with E-state index in [1.165, 1.54) is 10.5 Å². The number of nitrogens with two attached hydrogens (primary N) is 1. The van der Waals surface area contributed by atoms with Gasteiger partial charge in [-0.25, -0.2) is 4.79 Å². The lowest BCUT2D eigenvalue weighted by molar-refractivity contribution is -0.126. The van der Waals surface area contributed by atoms with E-state index in [1.54, 1.807) is 26.1 Å². The van der Waals surface area contributed by atoms with Crippen molar-refractivity contribution in [3.05, 3.63) is 65.6 Å². The van der Waals surface area contributed by atoms with Gasteiger partial charge >= 0.3 is 5.97 Å². The summed E-state index contributed by atoms with van der Waals surface area (Å²) in [5, 5.41) is 20.3. The Morgan fingerprint density at radius 2 is 1.90 bits per heavy atom. The molecule has 0 radical (unpaired) electrons. The zero-order valence-electron chi connectivity index (χ0n) is 16.2. The van der Waals surface area contributed by atoms with E-state index >= 15 is 0 Å². The summed E-state index contributed by atoms with van der Waals surface area (Å²) in [5.41, 5.74) is 5.98. The Bertz CT molecular complexity index is 1010. The first kappa shape index (κ1) is 23.0. The number of benzene rings is 1. The molecule has 0 aliphatic carbocycles. The van der Waals surface area contributed by atoms with Gasteiger partial charge in [-0.2, -0.15) is 0 Å². The summed E-state index contributed by atoms with van der Waals surface area (Å²) in [5.74, 6) is -1.15. The van der Waals surface area contributed by atoms with E-state index in [1.807, 2.05) is 30.3 Å². The topological polar surface area (TPSA) is 132 Å². The molecule has 0 aliphatic rings. The van der Waals surface area contributed by atoms with Crippen LogP contribution in [0.3, 0.4) is 0 Å². The van der Waals surface area contributed by atoms with Crippen LogP contribution in [0.5, 0.6) is 0 Å². The number of carbonyl (C=O) groups excluding carboxylic acids is 1. The molecule has 0 saturated carbocycles. The van der Waals surface area contributed by atoms with E-state index in [4.69, 9.17) is 10.5 Å². The molecule has 0 fully saturated rings. The van der Waals surface area contributed by atoms with Gasteiger partial charge in [0, 0.05) is 6.20 Å². The molecule has 0 unspecified atom stereocenters. The number of aromatic nitrogens is 3. The summed E-state index contributed by atoms with van der Waals surface area (Å²) < 4.78 is 7.32. The number of hydrogen-bond donors (Lipinski definition) is 3. The number of nitrogens with zero attached hydrogens (tertiary/aromatic N) is 3. The number of aromatic carboxylic acids is 1. The minimum atomic E-state index is -1.11. The summed E-state index contributed by atoms with van der Waals surface area (Å²) >= 11 is 0. The normalized spacial score (nSPS) is 12.2. The Balaban J connectivity index is 0.00000320. The van der Waals surface area contributed by atoms with Gasteiger partial charge in [0.05, 0.1) is 18.8 Å². The van der Waals surface area contributed by atoms with Crippen molar-refractivity contribution in [1.29, 1.82) is 0 Å². The van der Waals surface area contributed by atoms with Crippen molar-refractivity contribution in [2.24, 2.45) is 5.73 Å². The van der Waals surface area contributed by atoms with Gasteiger partial charge < -0.3 is 20.9 Å². The number of rotatable bonds is 8. The molecule has 0 bridgehead atoms. The molecule has 9 nitrogen and oxygen atoms in total. The maximum atomic E-state index is 12.5. The number of hydrogen-bond acceptors (Lipinski definition) is 6. The van der Waals surface area contributed by atoms with Crippen LogP contribution in [0.1, 0.15) is 49.1 Å². The lowest BCUT2D eigenvalue weighted by Crippen LogP contribution is -2.50. The van der Waals surface area contributed by atoms with Crippen molar-refractivity contribution in [2.75, 3.05) is 6.61 Å². The van der Waals surface area contributed by atoms with Crippen LogP contribution in [0, 0.1) is 0 Å². The molecule has 3 aromatic rings. The predicted molar refractivity (Wildman–Crippen MR) is 112 cm³/mol. The van der Waals surface area contributed by atoms with Crippen LogP contribution in [-0.2, 0) is 16.1 Å². The molecule has 160 valence electrons. The van der Waals surface area contributed by atoms with Crippen LogP contribution >= 0.6 is 0 Å². The monoisotopic (exact) mass is 413 g/mol. The van der Waals surface area contributed by atoms with E-state index in [0.29, 0.717) is 12.4 Å². The minimum Gasteiger partial charge on any atom is -0.478 e. The molecule has 0 saturated heterocycles. The molecule has 4 N–H and O–H groups in total. The van der Waals surface area contributed by atoms with Crippen LogP contribution in [0.15, 0.2) is 48.7 Å². The number of ether oxygens (including phenoxy) is 1. The largest absolute Gasteiger partial charge is 0.478 e. The standard InChI is InChI=1S/C20H23N5O4.CH4/c1-20(2,21)19(28)22-15(12-29-11-13-7-4-3-5-8-13)17-24-23-16-14(18(26)27)9-6-10-25(16)17;/h3-10,15H,11-12,21H2,1-2H3,(H,22,28)(H,26,27);1H4/t15-;/m1./s1. The maximum absolute atomic E-state index is 12.5. The third-order valence-corrected chi connectivity index (χ3v) is 4.29. The number of carboxylic acid groups (broad SMARTS) is 1. The zero-order chi connectivity index (χ0) is 21.0. The van der Waals surface area contributed by atoms with Crippen LogP contribution in [0.25, 0.3) is 5.65 Å². The second-order valence-corrected chi connectivity index (χ2v) is 7.23. The van der Waals surface area contributed by atoms with Gasteiger partial charge in [0.15, 0.2) is 11.5 Å². The fourth-order valence-electron chi connectivity index (χ4n) is 2.73. The van der Waals surface area contributed by atoms with Crippen LogP contribution in [-0.4, -0.2) is 43.7 Å². The second kappa shape index (κ2) is 9.47. The molecule has 1 amide bonds. The Hall–Kier alpha value is -3.30. The van der Waals surface area contributed by atoms with E-state index in [-0.39, 0.29) is 25.2 Å². The molecule has 1 atom stereocenters. The van der Waals surface area contributed by atoms with Crippen molar-refractivity contribution in [3.63, 3.8) is 0 Å². The zero-order valence-corrected chi connectivity index (χ0v) is 16.2. The van der Waals surface area contributed by atoms with E-state index in [0.717, 1.165) is 5.56 Å². The van der Waals surface area contributed by atoms with E-state index < -0.39 is 23.5 Å². The molecule has 2 aromatic heterocycles. The highest BCUT2D eigenvalue weighted by Crippen LogP contribution is 2.18. The molecule has 0 aliphatic heterocycles. The van der Waals surface area contributed by atoms with Crippen molar-refractivity contribution in [2.45, 2.75) is 39.5 Å². The number of carboxylic acids is 1. The van der Waals surface area contributed by atoms with E-state index in [2.05, 4.69) is 15.5 Å². The summed E-state index contributed by atoms with van der Waals surface area (Å²) in [6, 6.07) is 12.0. The third kappa shape index (κ3) is 5.19. The highest BCUT2D eigenvalue weighted by atomic mass is 16.5. The quantitative estimate of drug-likeness (QED) is 0.515. The highest BCUT2D eigenvalue weighted by Gasteiger charge is 2.28. The fourth-order valence-corrected chi connectivity index (χ4v) is 2.73. The minimum absolute atomic E-state index is 0. The van der Waals surface area contributed by atoms with Crippen molar-refractivity contribution in [1.82, 2.24) is 19.9 Å². The maximum Gasteiger partial charge on any atom is 0.339 e. The summed E-state index contributed by atoms with van der Waals surface area (Å²) in [7, 11) is 0. The van der Waals surface area contributed by atoms with Crippen molar-refractivity contribution >= 4 is 17.5 Å². The molecular formula is C21H27N5O4. The van der Waals surface area contributed by atoms with Crippen molar-refractivity contribution < 1.29 is 19.4 Å². The highest BCUT2D eigenvalue weighted by molar-refractivity contribution is 5.94. The smallest absolute Gasteiger partial charge is 0.339 e.